The highest BCUT2D eigenvalue weighted by atomic mass is 15.7. The highest BCUT2D eigenvalue weighted by Gasteiger charge is 1.96. The molecule has 0 aromatic heterocycles. The van der Waals surface area contributed by atoms with Crippen LogP contribution in [0, 0.1) is 6.92 Å². The van der Waals surface area contributed by atoms with E-state index >= 15 is 0 Å². The van der Waals surface area contributed by atoms with E-state index in [1.807, 2.05) is 44.2 Å². The van der Waals surface area contributed by atoms with Crippen LogP contribution in [0.15, 0.2) is 36.5 Å². The molecule has 0 aliphatic heterocycles. The van der Waals surface area contributed by atoms with Gasteiger partial charge in [0.1, 0.15) is 0 Å². The van der Waals surface area contributed by atoms with Crippen LogP contribution in [0.3, 0.4) is 0 Å². The third kappa shape index (κ3) is 2.80. The van der Waals surface area contributed by atoms with E-state index in [1.54, 1.807) is 6.20 Å². The summed E-state index contributed by atoms with van der Waals surface area (Å²) < 4.78 is 0. The summed E-state index contributed by atoms with van der Waals surface area (Å²) in [5.41, 5.74) is 5.06. The highest BCUT2D eigenvalue weighted by Crippen LogP contribution is 2.09. The van der Waals surface area contributed by atoms with Gasteiger partial charge in [-0.05, 0) is 26.0 Å². The third-order valence-corrected chi connectivity index (χ3v) is 1.69. The van der Waals surface area contributed by atoms with E-state index in [1.165, 1.54) is 10.7 Å². The zero-order valence-corrected chi connectivity index (χ0v) is 7.99. The summed E-state index contributed by atoms with van der Waals surface area (Å²) in [5.74, 6) is 5.70. The Balaban J connectivity index is 2.66. The zero-order chi connectivity index (χ0) is 9.68. The molecule has 0 unspecified atom stereocenters. The van der Waals surface area contributed by atoms with Gasteiger partial charge in [-0.3, -0.25) is 5.43 Å². The maximum atomic E-state index is 5.70. The van der Waals surface area contributed by atoms with Gasteiger partial charge in [-0.25, -0.2) is 11.0 Å². The molecule has 0 aliphatic rings. The lowest BCUT2D eigenvalue weighted by atomic mass is 10.2. The van der Waals surface area contributed by atoms with E-state index in [0.29, 0.717) is 0 Å². The van der Waals surface area contributed by atoms with E-state index in [-0.39, 0.29) is 0 Å². The maximum Gasteiger partial charge on any atom is 0.0753 e. The summed E-state index contributed by atoms with van der Waals surface area (Å²) in [7, 11) is 0. The van der Waals surface area contributed by atoms with E-state index in [9.17, 15) is 0 Å². The van der Waals surface area contributed by atoms with E-state index < -0.39 is 0 Å². The van der Waals surface area contributed by atoms with Crippen LogP contribution < -0.4 is 16.4 Å². The largest absolute Gasteiger partial charge is 0.292 e. The molecule has 0 heterocycles. The monoisotopic (exact) mass is 177 g/mol. The van der Waals surface area contributed by atoms with Crippen molar-refractivity contribution in [3.05, 3.63) is 42.1 Å². The van der Waals surface area contributed by atoms with Crippen molar-refractivity contribution in [2.75, 3.05) is 5.12 Å². The van der Waals surface area contributed by atoms with Gasteiger partial charge in [-0.15, -0.1) is 0 Å². The maximum absolute atomic E-state index is 5.70. The van der Waals surface area contributed by atoms with Crippen molar-refractivity contribution in [2.24, 2.45) is 5.84 Å². The van der Waals surface area contributed by atoms with Crippen molar-refractivity contribution in [2.45, 2.75) is 13.8 Å². The van der Waals surface area contributed by atoms with E-state index in [2.05, 4.69) is 5.43 Å². The Morgan fingerprint density at radius 3 is 2.46 bits per heavy atom. The van der Waals surface area contributed by atoms with Gasteiger partial charge in [0, 0.05) is 6.20 Å². The van der Waals surface area contributed by atoms with Crippen molar-refractivity contribution in [1.82, 2.24) is 5.43 Å². The normalized spacial score (nSPS) is 10.4. The first-order chi connectivity index (χ1) is 6.24. The quantitative estimate of drug-likeness (QED) is 0.545. The average molecular weight is 177 g/mol. The van der Waals surface area contributed by atoms with E-state index in [4.69, 9.17) is 5.84 Å². The number of benzene rings is 1. The molecule has 13 heavy (non-hydrogen) atoms. The molecule has 3 N–H and O–H groups in total. The lowest BCUT2D eigenvalue weighted by Crippen LogP contribution is -2.40. The highest BCUT2D eigenvalue weighted by molar-refractivity contribution is 5.45. The van der Waals surface area contributed by atoms with Crippen LogP contribution in [0.5, 0.6) is 0 Å². The molecule has 0 saturated carbocycles. The van der Waals surface area contributed by atoms with Crippen molar-refractivity contribution < 1.29 is 0 Å². The SMILES string of the molecule is C/C=C/NN(N)c1ccc(C)cc1. The number of hydrogen-bond donors (Lipinski definition) is 2. The number of nitrogens with two attached hydrogens (primary N) is 1. The lowest BCUT2D eigenvalue weighted by Gasteiger charge is -2.17. The molecule has 3 heteroatoms. The molecule has 0 saturated heterocycles. The molecule has 0 atom stereocenters. The minimum absolute atomic E-state index is 0.934. The fourth-order valence-electron chi connectivity index (χ4n) is 0.935. The Morgan fingerprint density at radius 2 is 1.92 bits per heavy atom. The Morgan fingerprint density at radius 1 is 1.31 bits per heavy atom. The van der Waals surface area contributed by atoms with Gasteiger partial charge >= 0.3 is 0 Å². The summed E-state index contributed by atoms with van der Waals surface area (Å²) in [6, 6.07) is 7.97. The first-order valence-electron chi connectivity index (χ1n) is 4.23. The zero-order valence-electron chi connectivity index (χ0n) is 7.99. The lowest BCUT2D eigenvalue weighted by molar-refractivity contribution is 0.776. The van der Waals surface area contributed by atoms with Gasteiger partial charge in [-0.1, -0.05) is 23.8 Å². The molecule has 1 aromatic carbocycles. The van der Waals surface area contributed by atoms with E-state index in [0.717, 1.165) is 5.69 Å². The standard InChI is InChI=1S/C10H15N3/c1-3-8-12-13(11)10-6-4-9(2)5-7-10/h3-8,12H,11H2,1-2H3/b8-3+. The number of rotatable bonds is 3. The Hall–Kier alpha value is -1.48. The molecule has 1 rings (SSSR count). The van der Waals surface area contributed by atoms with Crippen LogP contribution in [0.1, 0.15) is 12.5 Å². The third-order valence-electron chi connectivity index (χ3n) is 1.69. The molecule has 0 amide bonds. The predicted octanol–water partition coefficient (Wildman–Crippen LogP) is 1.71. The van der Waals surface area contributed by atoms with Crippen LogP contribution in [0.4, 0.5) is 5.69 Å². The second-order valence-electron chi connectivity index (χ2n) is 2.83. The molecule has 0 aliphatic carbocycles. The van der Waals surface area contributed by atoms with Gasteiger partial charge < -0.3 is 0 Å². The minimum atomic E-state index is 0.934. The Labute approximate surface area is 78.8 Å². The summed E-state index contributed by atoms with van der Waals surface area (Å²) in [6.45, 7) is 3.97. The Bertz CT molecular complexity index is 277. The summed E-state index contributed by atoms with van der Waals surface area (Å²) in [4.78, 5) is 0. The van der Waals surface area contributed by atoms with Gasteiger partial charge in [0.15, 0.2) is 0 Å². The molecule has 70 valence electrons. The van der Waals surface area contributed by atoms with Gasteiger partial charge in [0.2, 0.25) is 0 Å². The number of nitrogens with one attached hydrogen (secondary N) is 1. The number of hydrogen-bond acceptors (Lipinski definition) is 3. The van der Waals surface area contributed by atoms with Crippen LogP contribution in [-0.4, -0.2) is 0 Å². The van der Waals surface area contributed by atoms with Crippen LogP contribution >= 0.6 is 0 Å². The summed E-state index contributed by atoms with van der Waals surface area (Å²) in [6.07, 6.45) is 3.66. The number of hydrazine groups is 2. The first kappa shape index (κ1) is 9.61. The second-order valence-corrected chi connectivity index (χ2v) is 2.83. The molecular formula is C10H15N3. The molecule has 1 aromatic rings. The number of nitrogens with zero attached hydrogens (tertiary/aromatic N) is 1. The predicted molar refractivity (Wildman–Crippen MR) is 55.8 cm³/mol. The van der Waals surface area contributed by atoms with Gasteiger partial charge in [-0.2, -0.15) is 0 Å². The molecule has 0 spiro atoms. The first-order valence-corrected chi connectivity index (χ1v) is 4.23. The van der Waals surface area contributed by atoms with Crippen molar-refractivity contribution >= 4 is 5.69 Å². The topological polar surface area (TPSA) is 41.3 Å². The fourth-order valence-corrected chi connectivity index (χ4v) is 0.935. The molecule has 0 radical (unpaired) electrons. The van der Waals surface area contributed by atoms with Gasteiger partial charge in [0.25, 0.3) is 0 Å². The van der Waals surface area contributed by atoms with Crippen LogP contribution in [0.2, 0.25) is 0 Å². The Kier molecular flexibility index (Phi) is 3.34. The molecule has 3 nitrogen and oxygen atoms in total. The summed E-state index contributed by atoms with van der Waals surface area (Å²) >= 11 is 0. The number of allylic oxidation sites excluding steroid dienone is 1. The average Bonchev–Trinajstić information content (AvgIpc) is 2.15. The van der Waals surface area contributed by atoms with Crippen LogP contribution in [-0.2, 0) is 0 Å². The smallest absolute Gasteiger partial charge is 0.0753 e. The van der Waals surface area contributed by atoms with Crippen LogP contribution in [0.25, 0.3) is 0 Å². The molecule has 0 bridgehead atoms. The second kappa shape index (κ2) is 4.52. The molecular weight excluding hydrogens is 162 g/mol. The van der Waals surface area contributed by atoms with Crippen molar-refractivity contribution in [3.63, 3.8) is 0 Å². The molecule has 0 fully saturated rings. The minimum Gasteiger partial charge on any atom is -0.292 e. The van der Waals surface area contributed by atoms with Crippen molar-refractivity contribution in [3.8, 4) is 0 Å². The fraction of sp³-hybridized carbons (Fsp3) is 0.200. The number of aryl methyl sites for hydroxylation is 1. The number of anilines is 1. The summed E-state index contributed by atoms with van der Waals surface area (Å²) in [5, 5.41) is 1.47. The van der Waals surface area contributed by atoms with Gasteiger partial charge in [0.05, 0.1) is 5.69 Å². The van der Waals surface area contributed by atoms with Crippen molar-refractivity contribution in [1.29, 1.82) is 0 Å².